The van der Waals surface area contributed by atoms with Gasteiger partial charge in [-0.15, -0.1) is 0 Å². The summed E-state index contributed by atoms with van der Waals surface area (Å²) in [5, 5.41) is 9.51. The van der Waals surface area contributed by atoms with Crippen molar-refractivity contribution in [1.82, 2.24) is 0 Å². The van der Waals surface area contributed by atoms with Crippen LogP contribution in [0.2, 0.25) is 0 Å². The van der Waals surface area contributed by atoms with E-state index in [1.54, 1.807) is 18.2 Å². The van der Waals surface area contributed by atoms with Gasteiger partial charge in [-0.2, -0.15) is 0 Å². The molecule has 0 aromatic heterocycles. The lowest BCUT2D eigenvalue weighted by molar-refractivity contribution is -0.0293. The highest BCUT2D eigenvalue weighted by Gasteiger charge is 2.43. The first kappa shape index (κ1) is 10.6. The number of alkyl halides is 2. The second-order valence-electron chi connectivity index (χ2n) is 4.29. The normalized spacial score (nSPS) is 18.9. The van der Waals surface area contributed by atoms with Gasteiger partial charge in [0.05, 0.1) is 5.60 Å². The van der Waals surface area contributed by atoms with E-state index in [0.29, 0.717) is 12.8 Å². The molecule has 1 aliphatic rings. The molecule has 1 aromatic rings. The molecule has 0 amide bonds. The van der Waals surface area contributed by atoms with Crippen molar-refractivity contribution < 1.29 is 13.9 Å². The topological polar surface area (TPSA) is 20.2 Å². The summed E-state index contributed by atoms with van der Waals surface area (Å²) in [6.07, 6.45) is 1.25. The van der Waals surface area contributed by atoms with Gasteiger partial charge in [-0.1, -0.05) is 30.3 Å². The summed E-state index contributed by atoms with van der Waals surface area (Å²) in [7, 11) is 0. The minimum Gasteiger partial charge on any atom is -0.390 e. The largest absolute Gasteiger partial charge is 0.390 e. The van der Waals surface area contributed by atoms with Crippen molar-refractivity contribution in [1.29, 1.82) is 0 Å². The molecule has 3 heteroatoms. The molecule has 0 bridgehead atoms. The highest BCUT2D eigenvalue weighted by molar-refractivity contribution is 5.20. The second kappa shape index (κ2) is 3.56. The number of aliphatic hydroxyl groups is 1. The molecule has 0 spiro atoms. The number of hydrogen-bond acceptors (Lipinski definition) is 1. The average molecular weight is 212 g/mol. The Morgan fingerprint density at radius 2 is 1.80 bits per heavy atom. The van der Waals surface area contributed by atoms with E-state index in [1.165, 1.54) is 12.1 Å². The van der Waals surface area contributed by atoms with Gasteiger partial charge in [0.2, 0.25) is 0 Å². The summed E-state index contributed by atoms with van der Waals surface area (Å²) in [6, 6.07) is 7.78. The zero-order chi connectivity index (χ0) is 10.9. The Kier molecular flexibility index (Phi) is 2.51. The maximum atomic E-state index is 13.6. The van der Waals surface area contributed by atoms with Crippen molar-refractivity contribution in [3.63, 3.8) is 0 Å². The molecule has 1 aliphatic carbocycles. The molecule has 0 saturated heterocycles. The van der Waals surface area contributed by atoms with Crippen molar-refractivity contribution in [3.05, 3.63) is 35.9 Å². The fraction of sp³-hybridized carbons (Fsp3) is 0.500. The summed E-state index contributed by atoms with van der Waals surface area (Å²) < 4.78 is 27.2. The van der Waals surface area contributed by atoms with Gasteiger partial charge in [-0.05, 0) is 19.3 Å². The first-order chi connectivity index (χ1) is 7.02. The Labute approximate surface area is 87.7 Å². The summed E-state index contributed by atoms with van der Waals surface area (Å²) in [6.45, 7) is 0. The Bertz CT molecular complexity index is 331. The molecule has 2 rings (SSSR count). The number of hydrogen-bond donors (Lipinski definition) is 1. The lowest BCUT2D eigenvalue weighted by atomic mass is 10.0. The fourth-order valence-corrected chi connectivity index (χ4v) is 1.61. The zero-order valence-electron chi connectivity index (χ0n) is 8.42. The smallest absolute Gasteiger partial charge is 0.273 e. The van der Waals surface area contributed by atoms with Crippen molar-refractivity contribution in [2.45, 2.75) is 37.2 Å². The Morgan fingerprint density at radius 3 is 2.33 bits per heavy atom. The van der Waals surface area contributed by atoms with Crippen LogP contribution in [0.15, 0.2) is 30.3 Å². The van der Waals surface area contributed by atoms with Gasteiger partial charge in [-0.3, -0.25) is 0 Å². The van der Waals surface area contributed by atoms with Gasteiger partial charge in [-0.25, -0.2) is 8.78 Å². The summed E-state index contributed by atoms with van der Waals surface area (Å²) in [5.41, 5.74) is -0.757. The van der Waals surface area contributed by atoms with E-state index >= 15 is 0 Å². The Morgan fingerprint density at radius 1 is 1.20 bits per heavy atom. The molecule has 82 valence electrons. The molecule has 1 N–H and O–H groups in total. The van der Waals surface area contributed by atoms with Gasteiger partial charge < -0.3 is 5.11 Å². The van der Waals surface area contributed by atoms with Crippen LogP contribution in [0.5, 0.6) is 0 Å². The third-order valence-corrected chi connectivity index (χ3v) is 2.93. The van der Waals surface area contributed by atoms with Crippen molar-refractivity contribution in [3.8, 4) is 0 Å². The quantitative estimate of drug-likeness (QED) is 0.813. The first-order valence-electron chi connectivity index (χ1n) is 5.18. The maximum Gasteiger partial charge on any atom is 0.273 e. The Balaban J connectivity index is 2.00. The van der Waals surface area contributed by atoms with E-state index in [4.69, 9.17) is 0 Å². The monoisotopic (exact) mass is 212 g/mol. The highest BCUT2D eigenvalue weighted by Crippen LogP contribution is 2.43. The van der Waals surface area contributed by atoms with E-state index < -0.39 is 11.5 Å². The van der Waals surface area contributed by atoms with Crippen LogP contribution >= 0.6 is 0 Å². The van der Waals surface area contributed by atoms with E-state index in [-0.39, 0.29) is 18.4 Å². The third-order valence-electron chi connectivity index (χ3n) is 2.93. The predicted molar refractivity (Wildman–Crippen MR) is 53.8 cm³/mol. The number of rotatable bonds is 4. The van der Waals surface area contributed by atoms with Gasteiger partial charge in [0.15, 0.2) is 0 Å². The first-order valence-corrected chi connectivity index (χ1v) is 5.18. The molecule has 1 fully saturated rings. The van der Waals surface area contributed by atoms with Crippen molar-refractivity contribution in [2.75, 3.05) is 0 Å². The van der Waals surface area contributed by atoms with E-state index in [1.807, 2.05) is 0 Å². The summed E-state index contributed by atoms with van der Waals surface area (Å²) in [5.74, 6) is -2.82. The van der Waals surface area contributed by atoms with Crippen LogP contribution in [0.3, 0.4) is 0 Å². The average Bonchev–Trinajstić information content (AvgIpc) is 2.96. The molecule has 0 atom stereocenters. The fourth-order valence-electron chi connectivity index (χ4n) is 1.61. The second-order valence-corrected chi connectivity index (χ2v) is 4.29. The minimum atomic E-state index is -2.82. The predicted octanol–water partition coefficient (Wildman–Crippen LogP) is 3.08. The Hall–Kier alpha value is -0.960. The number of halogens is 2. The van der Waals surface area contributed by atoms with E-state index in [2.05, 4.69) is 0 Å². The van der Waals surface area contributed by atoms with Gasteiger partial charge >= 0.3 is 0 Å². The molecule has 1 aromatic carbocycles. The number of benzene rings is 1. The van der Waals surface area contributed by atoms with Gasteiger partial charge in [0, 0.05) is 12.0 Å². The SMILES string of the molecule is OC1(CCC(F)(F)c2ccccc2)CC1. The summed E-state index contributed by atoms with van der Waals surface area (Å²) >= 11 is 0. The molecular weight excluding hydrogens is 198 g/mol. The van der Waals surface area contributed by atoms with Crippen LogP contribution in [0.4, 0.5) is 8.78 Å². The van der Waals surface area contributed by atoms with Crippen molar-refractivity contribution in [2.24, 2.45) is 0 Å². The molecule has 0 unspecified atom stereocenters. The molecule has 1 saturated carbocycles. The standard InChI is InChI=1S/C12H14F2O/c13-12(14,9-8-11(15)6-7-11)10-4-2-1-3-5-10/h1-5,15H,6-9H2. The third kappa shape index (κ3) is 2.53. The molecule has 0 aliphatic heterocycles. The molecule has 0 heterocycles. The van der Waals surface area contributed by atoms with Gasteiger partial charge in [0.25, 0.3) is 5.92 Å². The van der Waals surface area contributed by atoms with Crippen LogP contribution in [-0.2, 0) is 5.92 Å². The lowest BCUT2D eigenvalue weighted by Gasteiger charge is -2.18. The maximum absolute atomic E-state index is 13.6. The lowest BCUT2D eigenvalue weighted by Crippen LogP contribution is -2.18. The minimum absolute atomic E-state index is 0.0363. The zero-order valence-corrected chi connectivity index (χ0v) is 8.42. The van der Waals surface area contributed by atoms with Crippen LogP contribution in [0.25, 0.3) is 0 Å². The van der Waals surface area contributed by atoms with E-state index in [0.717, 1.165) is 0 Å². The van der Waals surface area contributed by atoms with E-state index in [9.17, 15) is 13.9 Å². The van der Waals surface area contributed by atoms with Crippen LogP contribution in [0.1, 0.15) is 31.2 Å². The molecular formula is C12H14F2O. The molecule has 1 nitrogen and oxygen atoms in total. The van der Waals surface area contributed by atoms with Gasteiger partial charge in [0.1, 0.15) is 0 Å². The molecule has 15 heavy (non-hydrogen) atoms. The molecule has 0 radical (unpaired) electrons. The highest BCUT2D eigenvalue weighted by atomic mass is 19.3. The van der Waals surface area contributed by atoms with Crippen LogP contribution in [0, 0.1) is 0 Å². The van der Waals surface area contributed by atoms with Crippen molar-refractivity contribution >= 4 is 0 Å². The van der Waals surface area contributed by atoms with Crippen LogP contribution < -0.4 is 0 Å². The summed E-state index contributed by atoms with van der Waals surface area (Å²) in [4.78, 5) is 0. The van der Waals surface area contributed by atoms with Crippen LogP contribution in [-0.4, -0.2) is 10.7 Å².